The molecule has 13 heavy (non-hydrogen) atoms. The van der Waals surface area contributed by atoms with Gasteiger partial charge in [-0.3, -0.25) is 0 Å². The largest absolute Gasteiger partial charge is 0.493 e. The van der Waals surface area contributed by atoms with Crippen molar-refractivity contribution in [2.75, 3.05) is 6.61 Å². The Morgan fingerprint density at radius 3 is 3.00 bits per heavy atom. The summed E-state index contributed by atoms with van der Waals surface area (Å²) >= 11 is 0. The van der Waals surface area contributed by atoms with E-state index >= 15 is 0 Å². The third-order valence-electron chi connectivity index (χ3n) is 2.47. The minimum atomic E-state index is -0.0839. The highest BCUT2D eigenvalue weighted by Crippen LogP contribution is 2.28. The number of rotatable bonds is 0. The Bertz CT molecular complexity index is 320. The zero-order valence-corrected chi connectivity index (χ0v) is 7.77. The Kier molecular flexibility index (Phi) is 2.21. The molecular weight excluding hydrogens is 167 g/mol. The molecule has 0 radical (unpaired) electrons. The molecule has 0 aliphatic carbocycles. The van der Waals surface area contributed by atoms with Crippen molar-refractivity contribution in [1.29, 1.82) is 0 Å². The molecule has 0 atom stereocenters. The van der Waals surface area contributed by atoms with Crippen molar-refractivity contribution >= 4 is 0 Å². The first-order chi connectivity index (χ1) is 6.29. The van der Waals surface area contributed by atoms with E-state index in [1.807, 2.05) is 6.07 Å². The Morgan fingerprint density at radius 2 is 2.15 bits per heavy atom. The van der Waals surface area contributed by atoms with Crippen LogP contribution in [0.15, 0.2) is 12.1 Å². The van der Waals surface area contributed by atoms with Gasteiger partial charge in [-0.05, 0) is 37.8 Å². The van der Waals surface area contributed by atoms with Crippen molar-refractivity contribution in [3.05, 3.63) is 29.1 Å². The van der Waals surface area contributed by atoms with Gasteiger partial charge in [0.1, 0.15) is 11.6 Å². The number of halogens is 1. The van der Waals surface area contributed by atoms with E-state index in [0.29, 0.717) is 5.56 Å². The van der Waals surface area contributed by atoms with Gasteiger partial charge in [0.2, 0.25) is 0 Å². The molecule has 0 saturated carbocycles. The van der Waals surface area contributed by atoms with Crippen molar-refractivity contribution in [1.82, 2.24) is 0 Å². The van der Waals surface area contributed by atoms with E-state index in [2.05, 4.69) is 0 Å². The highest BCUT2D eigenvalue weighted by atomic mass is 19.1. The zero-order chi connectivity index (χ0) is 9.26. The molecule has 0 aromatic heterocycles. The lowest BCUT2D eigenvalue weighted by atomic mass is 10.0. The summed E-state index contributed by atoms with van der Waals surface area (Å²) in [6.45, 7) is 2.51. The lowest BCUT2D eigenvalue weighted by Crippen LogP contribution is -1.97. The minimum absolute atomic E-state index is 0.0839. The SMILES string of the molecule is Cc1ccc2c(c1F)CCCCO2. The predicted molar refractivity (Wildman–Crippen MR) is 49.6 cm³/mol. The van der Waals surface area contributed by atoms with Crippen LogP contribution in [0.25, 0.3) is 0 Å². The van der Waals surface area contributed by atoms with Gasteiger partial charge in [-0.1, -0.05) is 6.07 Å². The molecule has 1 aliphatic rings. The first-order valence-corrected chi connectivity index (χ1v) is 4.70. The standard InChI is InChI=1S/C11H13FO/c1-8-5-6-10-9(11(8)12)4-2-3-7-13-10/h5-6H,2-4,7H2,1H3. The molecule has 70 valence electrons. The van der Waals surface area contributed by atoms with Gasteiger partial charge in [-0.15, -0.1) is 0 Å². The molecule has 1 aliphatic heterocycles. The normalized spacial score (nSPS) is 15.8. The summed E-state index contributed by atoms with van der Waals surface area (Å²) in [5.41, 5.74) is 1.47. The fraction of sp³-hybridized carbons (Fsp3) is 0.455. The van der Waals surface area contributed by atoms with Crippen LogP contribution in [0.4, 0.5) is 4.39 Å². The highest BCUT2D eigenvalue weighted by molar-refractivity contribution is 5.39. The van der Waals surface area contributed by atoms with Crippen molar-refractivity contribution in [3.8, 4) is 5.75 Å². The lowest BCUT2D eigenvalue weighted by Gasteiger charge is -2.08. The van der Waals surface area contributed by atoms with Gasteiger partial charge in [-0.2, -0.15) is 0 Å². The summed E-state index contributed by atoms with van der Waals surface area (Å²) in [6, 6.07) is 3.65. The van der Waals surface area contributed by atoms with Gasteiger partial charge in [0.05, 0.1) is 6.61 Å². The summed E-state index contributed by atoms with van der Waals surface area (Å²) in [4.78, 5) is 0. The summed E-state index contributed by atoms with van der Waals surface area (Å²) in [5, 5.41) is 0. The average Bonchev–Trinajstić information content (AvgIpc) is 2.36. The Hall–Kier alpha value is -1.05. The number of fused-ring (bicyclic) bond motifs is 1. The van der Waals surface area contributed by atoms with Gasteiger partial charge in [0.15, 0.2) is 0 Å². The Morgan fingerprint density at radius 1 is 1.31 bits per heavy atom. The molecule has 0 fully saturated rings. The fourth-order valence-corrected chi connectivity index (χ4v) is 1.67. The van der Waals surface area contributed by atoms with E-state index < -0.39 is 0 Å². The van der Waals surface area contributed by atoms with E-state index in [-0.39, 0.29) is 5.82 Å². The molecule has 0 bridgehead atoms. The predicted octanol–water partition coefficient (Wildman–Crippen LogP) is 2.85. The maximum Gasteiger partial charge on any atom is 0.132 e. The van der Waals surface area contributed by atoms with Crippen molar-refractivity contribution < 1.29 is 9.13 Å². The average molecular weight is 180 g/mol. The van der Waals surface area contributed by atoms with E-state index in [1.54, 1.807) is 13.0 Å². The van der Waals surface area contributed by atoms with E-state index in [0.717, 1.165) is 37.2 Å². The molecule has 2 heteroatoms. The van der Waals surface area contributed by atoms with Crippen LogP contribution in [-0.4, -0.2) is 6.61 Å². The molecule has 0 saturated heterocycles. The highest BCUT2D eigenvalue weighted by Gasteiger charge is 2.14. The minimum Gasteiger partial charge on any atom is -0.493 e. The summed E-state index contributed by atoms with van der Waals surface area (Å²) in [6.07, 6.45) is 2.85. The molecule has 0 N–H and O–H groups in total. The second-order valence-electron chi connectivity index (χ2n) is 3.48. The number of hydrogen-bond acceptors (Lipinski definition) is 1. The molecule has 0 spiro atoms. The van der Waals surface area contributed by atoms with Gasteiger partial charge in [-0.25, -0.2) is 4.39 Å². The van der Waals surface area contributed by atoms with Crippen LogP contribution >= 0.6 is 0 Å². The van der Waals surface area contributed by atoms with Gasteiger partial charge in [0, 0.05) is 5.56 Å². The second kappa shape index (κ2) is 3.36. The molecule has 1 aromatic rings. The second-order valence-corrected chi connectivity index (χ2v) is 3.48. The summed E-state index contributed by atoms with van der Waals surface area (Å²) in [7, 11) is 0. The topological polar surface area (TPSA) is 9.23 Å². The van der Waals surface area contributed by atoms with Crippen LogP contribution in [0.2, 0.25) is 0 Å². The van der Waals surface area contributed by atoms with Gasteiger partial charge in [0.25, 0.3) is 0 Å². The van der Waals surface area contributed by atoms with Crippen molar-refractivity contribution in [2.45, 2.75) is 26.2 Å². The summed E-state index contributed by atoms with van der Waals surface area (Å²) in [5.74, 6) is 0.653. The van der Waals surface area contributed by atoms with E-state index in [1.165, 1.54) is 0 Å². The van der Waals surface area contributed by atoms with Crippen molar-refractivity contribution in [2.24, 2.45) is 0 Å². The van der Waals surface area contributed by atoms with Crippen LogP contribution in [0.1, 0.15) is 24.0 Å². The lowest BCUT2D eigenvalue weighted by molar-refractivity contribution is 0.316. The Balaban J connectivity index is 2.48. The first kappa shape index (κ1) is 8.54. The number of aryl methyl sites for hydroxylation is 1. The molecule has 1 nitrogen and oxygen atoms in total. The van der Waals surface area contributed by atoms with Crippen LogP contribution < -0.4 is 4.74 Å². The molecule has 0 unspecified atom stereocenters. The fourth-order valence-electron chi connectivity index (χ4n) is 1.67. The number of benzene rings is 1. The summed E-state index contributed by atoms with van der Waals surface area (Å²) < 4.78 is 19.0. The zero-order valence-electron chi connectivity index (χ0n) is 7.77. The third kappa shape index (κ3) is 1.53. The Labute approximate surface area is 77.5 Å². The maximum atomic E-state index is 13.6. The van der Waals surface area contributed by atoms with Crippen LogP contribution in [0.3, 0.4) is 0 Å². The van der Waals surface area contributed by atoms with Gasteiger partial charge >= 0.3 is 0 Å². The number of hydrogen-bond donors (Lipinski definition) is 0. The molecule has 1 aromatic carbocycles. The van der Waals surface area contributed by atoms with Gasteiger partial charge < -0.3 is 4.74 Å². The molecular formula is C11H13FO. The quantitative estimate of drug-likeness (QED) is 0.596. The smallest absolute Gasteiger partial charge is 0.132 e. The first-order valence-electron chi connectivity index (χ1n) is 4.70. The van der Waals surface area contributed by atoms with Crippen LogP contribution in [0.5, 0.6) is 5.75 Å². The molecule has 0 amide bonds. The van der Waals surface area contributed by atoms with Crippen LogP contribution in [0, 0.1) is 12.7 Å². The monoisotopic (exact) mass is 180 g/mol. The molecule has 2 rings (SSSR count). The number of ether oxygens (including phenoxy) is 1. The van der Waals surface area contributed by atoms with E-state index in [4.69, 9.17) is 4.74 Å². The maximum absolute atomic E-state index is 13.6. The van der Waals surface area contributed by atoms with Crippen LogP contribution in [-0.2, 0) is 6.42 Å². The van der Waals surface area contributed by atoms with E-state index in [9.17, 15) is 4.39 Å². The van der Waals surface area contributed by atoms with Crippen molar-refractivity contribution in [3.63, 3.8) is 0 Å². The molecule has 1 heterocycles. The third-order valence-corrected chi connectivity index (χ3v) is 2.47.